The normalized spacial score (nSPS) is 10.2. The third-order valence-corrected chi connectivity index (χ3v) is 2.71. The Labute approximate surface area is 117 Å². The molecule has 0 fully saturated rings. The van der Waals surface area contributed by atoms with E-state index >= 15 is 0 Å². The predicted octanol–water partition coefficient (Wildman–Crippen LogP) is 1.82. The van der Waals surface area contributed by atoms with Gasteiger partial charge >= 0.3 is 12.0 Å². The topological polar surface area (TPSA) is 104 Å². The number of rotatable bonds is 9. The van der Waals surface area contributed by atoms with E-state index in [9.17, 15) is 9.59 Å². The van der Waals surface area contributed by atoms with Gasteiger partial charge in [0, 0.05) is 19.0 Å². The van der Waals surface area contributed by atoms with Gasteiger partial charge in [-0.3, -0.25) is 4.79 Å². The van der Waals surface area contributed by atoms with Crippen LogP contribution in [-0.2, 0) is 11.3 Å². The molecule has 1 heterocycles. The van der Waals surface area contributed by atoms with Gasteiger partial charge in [0.25, 0.3) is 0 Å². The molecule has 1 aromatic rings. The molecule has 2 amide bonds. The van der Waals surface area contributed by atoms with E-state index in [1.54, 1.807) is 13.0 Å². The highest BCUT2D eigenvalue weighted by Crippen LogP contribution is 2.02. The highest BCUT2D eigenvalue weighted by atomic mass is 16.5. The van der Waals surface area contributed by atoms with Crippen LogP contribution in [0.4, 0.5) is 4.79 Å². The minimum absolute atomic E-state index is 0.213. The lowest BCUT2D eigenvalue weighted by Gasteiger charge is -2.05. The maximum absolute atomic E-state index is 11.4. The lowest BCUT2D eigenvalue weighted by atomic mass is 10.1. The molecule has 1 aromatic heterocycles. The van der Waals surface area contributed by atoms with Crippen molar-refractivity contribution >= 4 is 12.0 Å². The smallest absolute Gasteiger partial charge is 0.315 e. The minimum Gasteiger partial charge on any atom is -0.481 e. The van der Waals surface area contributed by atoms with Crippen LogP contribution >= 0.6 is 0 Å². The van der Waals surface area contributed by atoms with Crippen molar-refractivity contribution in [2.24, 2.45) is 0 Å². The molecule has 1 rings (SSSR count). The number of carbonyl (C=O) groups excluding carboxylic acids is 1. The van der Waals surface area contributed by atoms with Crippen molar-refractivity contribution in [3.63, 3.8) is 0 Å². The number of carboxylic acid groups (broad SMARTS) is 1. The van der Waals surface area contributed by atoms with Crippen LogP contribution in [0.1, 0.15) is 43.6 Å². The van der Waals surface area contributed by atoms with Crippen LogP contribution in [0.2, 0.25) is 0 Å². The number of hydrogen-bond acceptors (Lipinski definition) is 4. The standard InChI is InChI=1S/C13H21N3O4/c1-10-8-11(16-20-10)9-15-13(19)14-7-5-3-2-4-6-12(17)18/h8H,2-7,9H2,1H3,(H,17,18)(H2,14,15,19). The van der Waals surface area contributed by atoms with Crippen molar-refractivity contribution in [1.82, 2.24) is 15.8 Å². The van der Waals surface area contributed by atoms with Crippen molar-refractivity contribution in [3.8, 4) is 0 Å². The van der Waals surface area contributed by atoms with E-state index in [4.69, 9.17) is 9.63 Å². The fourth-order valence-corrected chi connectivity index (χ4v) is 1.69. The second kappa shape index (κ2) is 8.95. The molecular weight excluding hydrogens is 262 g/mol. The van der Waals surface area contributed by atoms with Gasteiger partial charge < -0.3 is 20.3 Å². The number of carbonyl (C=O) groups is 2. The van der Waals surface area contributed by atoms with Crippen LogP contribution in [0, 0.1) is 6.92 Å². The number of nitrogens with zero attached hydrogens (tertiary/aromatic N) is 1. The van der Waals surface area contributed by atoms with Gasteiger partial charge in [0.15, 0.2) is 0 Å². The zero-order valence-corrected chi connectivity index (χ0v) is 11.6. The van der Waals surface area contributed by atoms with Gasteiger partial charge in [-0.05, 0) is 19.8 Å². The first kappa shape index (κ1) is 16.0. The first-order valence-electron chi connectivity index (χ1n) is 6.73. The Kier molecular flexibility index (Phi) is 7.16. The van der Waals surface area contributed by atoms with Crippen molar-refractivity contribution in [1.29, 1.82) is 0 Å². The molecule has 7 heteroatoms. The van der Waals surface area contributed by atoms with Crippen molar-refractivity contribution in [2.45, 2.75) is 45.6 Å². The molecule has 0 bridgehead atoms. The summed E-state index contributed by atoms with van der Waals surface area (Å²) in [6, 6.07) is 1.53. The number of nitrogens with one attached hydrogen (secondary N) is 2. The number of aliphatic carboxylic acids is 1. The van der Waals surface area contributed by atoms with Crippen molar-refractivity contribution in [3.05, 3.63) is 17.5 Å². The number of aryl methyl sites for hydroxylation is 1. The molecule has 0 unspecified atom stereocenters. The Morgan fingerprint density at radius 2 is 2.00 bits per heavy atom. The second-order valence-corrected chi connectivity index (χ2v) is 4.60. The third-order valence-electron chi connectivity index (χ3n) is 2.71. The van der Waals surface area contributed by atoms with E-state index in [1.165, 1.54) is 0 Å². The molecule has 0 saturated carbocycles. The van der Waals surface area contributed by atoms with E-state index < -0.39 is 5.97 Å². The van der Waals surface area contributed by atoms with Gasteiger partial charge in [-0.1, -0.05) is 18.0 Å². The van der Waals surface area contributed by atoms with E-state index in [0.29, 0.717) is 31.0 Å². The summed E-state index contributed by atoms with van der Waals surface area (Å²) in [5.41, 5.74) is 0.686. The number of aromatic nitrogens is 1. The molecule has 0 aliphatic carbocycles. The van der Waals surface area contributed by atoms with Gasteiger partial charge in [0.05, 0.1) is 6.54 Å². The molecular formula is C13H21N3O4. The van der Waals surface area contributed by atoms with Crippen LogP contribution in [-0.4, -0.2) is 28.8 Å². The molecule has 20 heavy (non-hydrogen) atoms. The number of amides is 2. The summed E-state index contributed by atoms with van der Waals surface area (Å²) in [4.78, 5) is 21.7. The summed E-state index contributed by atoms with van der Waals surface area (Å²) in [5.74, 6) is -0.0471. The number of urea groups is 1. The van der Waals surface area contributed by atoms with Gasteiger partial charge in [-0.15, -0.1) is 0 Å². The van der Waals surface area contributed by atoms with Crippen LogP contribution in [0.3, 0.4) is 0 Å². The summed E-state index contributed by atoms with van der Waals surface area (Å²) >= 11 is 0. The summed E-state index contributed by atoms with van der Waals surface area (Å²) in [6.07, 6.45) is 3.53. The second-order valence-electron chi connectivity index (χ2n) is 4.60. The lowest BCUT2D eigenvalue weighted by molar-refractivity contribution is -0.137. The highest BCUT2D eigenvalue weighted by molar-refractivity contribution is 5.73. The third kappa shape index (κ3) is 7.40. The quantitative estimate of drug-likeness (QED) is 0.600. The van der Waals surface area contributed by atoms with E-state index in [-0.39, 0.29) is 12.5 Å². The summed E-state index contributed by atoms with van der Waals surface area (Å²) in [7, 11) is 0. The molecule has 7 nitrogen and oxygen atoms in total. The Balaban J connectivity index is 1.96. The fraction of sp³-hybridized carbons (Fsp3) is 0.615. The molecule has 0 saturated heterocycles. The van der Waals surface area contributed by atoms with Crippen LogP contribution in [0.15, 0.2) is 10.6 Å². The lowest BCUT2D eigenvalue weighted by Crippen LogP contribution is -2.35. The van der Waals surface area contributed by atoms with Crippen molar-refractivity contribution < 1.29 is 19.2 Å². The number of unbranched alkanes of at least 4 members (excludes halogenated alkanes) is 3. The average molecular weight is 283 g/mol. The molecule has 0 radical (unpaired) electrons. The molecule has 0 atom stereocenters. The van der Waals surface area contributed by atoms with Crippen molar-refractivity contribution in [2.75, 3.05) is 6.54 Å². The van der Waals surface area contributed by atoms with Gasteiger partial charge in [0.1, 0.15) is 11.5 Å². The minimum atomic E-state index is -0.759. The van der Waals surface area contributed by atoms with Gasteiger partial charge in [-0.2, -0.15) is 0 Å². The first-order valence-corrected chi connectivity index (χ1v) is 6.73. The largest absolute Gasteiger partial charge is 0.481 e. The van der Waals surface area contributed by atoms with E-state index in [2.05, 4.69) is 15.8 Å². The fourth-order valence-electron chi connectivity index (χ4n) is 1.69. The van der Waals surface area contributed by atoms with E-state index in [1.807, 2.05) is 0 Å². The molecule has 0 aromatic carbocycles. The van der Waals surface area contributed by atoms with Crippen LogP contribution in [0.25, 0.3) is 0 Å². The Morgan fingerprint density at radius 1 is 1.25 bits per heavy atom. The molecule has 0 aliphatic heterocycles. The zero-order valence-electron chi connectivity index (χ0n) is 11.6. The van der Waals surface area contributed by atoms with Gasteiger partial charge in [0.2, 0.25) is 0 Å². The zero-order chi connectivity index (χ0) is 14.8. The maximum atomic E-state index is 11.4. The summed E-state index contributed by atoms with van der Waals surface area (Å²) in [6.45, 7) is 2.71. The van der Waals surface area contributed by atoms with Crippen LogP contribution < -0.4 is 10.6 Å². The Bertz CT molecular complexity index is 431. The van der Waals surface area contributed by atoms with E-state index in [0.717, 1.165) is 19.3 Å². The first-order chi connectivity index (χ1) is 9.58. The summed E-state index contributed by atoms with van der Waals surface area (Å²) in [5, 5.41) is 17.6. The highest BCUT2D eigenvalue weighted by Gasteiger charge is 2.03. The Morgan fingerprint density at radius 3 is 2.65 bits per heavy atom. The number of carboxylic acids is 1. The predicted molar refractivity (Wildman–Crippen MR) is 72.2 cm³/mol. The maximum Gasteiger partial charge on any atom is 0.315 e. The monoisotopic (exact) mass is 283 g/mol. The SMILES string of the molecule is Cc1cc(CNC(=O)NCCCCCCC(=O)O)no1. The summed E-state index contributed by atoms with van der Waals surface area (Å²) < 4.78 is 4.89. The van der Waals surface area contributed by atoms with Crippen LogP contribution in [0.5, 0.6) is 0 Å². The average Bonchev–Trinajstić information content (AvgIpc) is 2.81. The molecule has 112 valence electrons. The van der Waals surface area contributed by atoms with Gasteiger partial charge in [-0.25, -0.2) is 4.79 Å². The molecule has 3 N–H and O–H groups in total. The molecule has 0 spiro atoms. The number of hydrogen-bond donors (Lipinski definition) is 3. The Hall–Kier alpha value is -2.05. The molecule has 0 aliphatic rings.